The minimum absolute atomic E-state index is 0.0619. The van der Waals surface area contributed by atoms with Crippen molar-refractivity contribution in [3.63, 3.8) is 0 Å². The van der Waals surface area contributed by atoms with Crippen molar-refractivity contribution in [1.29, 1.82) is 0 Å². The molecule has 0 aromatic heterocycles. The Bertz CT molecular complexity index is 619. The number of likely N-dealkylation sites (tertiary alicyclic amines) is 1. The van der Waals surface area contributed by atoms with E-state index in [2.05, 4.69) is 5.32 Å². The van der Waals surface area contributed by atoms with Crippen molar-refractivity contribution in [3.05, 3.63) is 35.4 Å². The van der Waals surface area contributed by atoms with Crippen molar-refractivity contribution >= 4 is 11.8 Å². The maximum absolute atomic E-state index is 12.4. The Kier molecular flexibility index (Phi) is 5.48. The molecule has 2 N–H and O–H groups in total. The first-order valence-electron chi connectivity index (χ1n) is 7.53. The zero-order chi connectivity index (χ0) is 17.9. The predicted molar refractivity (Wildman–Crippen MR) is 79.9 cm³/mol. The van der Waals surface area contributed by atoms with Gasteiger partial charge in [0.2, 0.25) is 11.8 Å². The van der Waals surface area contributed by atoms with Crippen LogP contribution in [0, 0.1) is 12.8 Å². The number of benzene rings is 1. The molecule has 1 aliphatic heterocycles. The molecule has 2 amide bonds. The highest BCUT2D eigenvalue weighted by atomic mass is 19.4. The summed E-state index contributed by atoms with van der Waals surface area (Å²) in [5, 5.41) is 12.6. The van der Waals surface area contributed by atoms with Crippen molar-refractivity contribution in [2.24, 2.45) is 5.92 Å². The molecule has 24 heavy (non-hydrogen) atoms. The number of carbonyl (C=O) groups excluding carboxylic acids is 2. The fraction of sp³-hybridized carbons (Fsp3) is 0.500. The van der Waals surface area contributed by atoms with E-state index in [-0.39, 0.29) is 19.5 Å². The molecule has 1 heterocycles. The SMILES string of the molecule is Cc1ccccc1C(O)CNC(=O)C1CC(=O)N(CC(F)(F)F)C1. The van der Waals surface area contributed by atoms with Gasteiger partial charge < -0.3 is 15.3 Å². The molecule has 2 unspecified atom stereocenters. The Morgan fingerprint density at radius 2 is 2.08 bits per heavy atom. The van der Waals surface area contributed by atoms with E-state index >= 15 is 0 Å². The minimum Gasteiger partial charge on any atom is -0.387 e. The summed E-state index contributed by atoms with van der Waals surface area (Å²) in [4.78, 5) is 24.2. The van der Waals surface area contributed by atoms with E-state index in [1.54, 1.807) is 12.1 Å². The summed E-state index contributed by atoms with van der Waals surface area (Å²) < 4.78 is 37.1. The van der Waals surface area contributed by atoms with Crippen LogP contribution >= 0.6 is 0 Å². The predicted octanol–water partition coefficient (Wildman–Crippen LogP) is 1.56. The highest BCUT2D eigenvalue weighted by Gasteiger charge is 2.40. The van der Waals surface area contributed by atoms with Gasteiger partial charge in [0.05, 0.1) is 12.0 Å². The fourth-order valence-corrected chi connectivity index (χ4v) is 2.73. The lowest BCUT2D eigenvalue weighted by Crippen LogP contribution is -2.38. The summed E-state index contributed by atoms with van der Waals surface area (Å²) in [5.74, 6) is -2.04. The van der Waals surface area contributed by atoms with Gasteiger partial charge in [-0.05, 0) is 18.1 Å². The Morgan fingerprint density at radius 3 is 2.71 bits per heavy atom. The normalized spacial score (nSPS) is 19.5. The van der Waals surface area contributed by atoms with Gasteiger partial charge in [-0.3, -0.25) is 9.59 Å². The Hall–Kier alpha value is -2.09. The topological polar surface area (TPSA) is 69.6 Å². The zero-order valence-corrected chi connectivity index (χ0v) is 13.1. The van der Waals surface area contributed by atoms with Gasteiger partial charge in [0, 0.05) is 19.5 Å². The summed E-state index contributed by atoms with van der Waals surface area (Å²) >= 11 is 0. The van der Waals surface area contributed by atoms with E-state index < -0.39 is 36.6 Å². The van der Waals surface area contributed by atoms with Crippen LogP contribution in [0.2, 0.25) is 0 Å². The van der Waals surface area contributed by atoms with E-state index in [1.807, 2.05) is 19.1 Å². The van der Waals surface area contributed by atoms with Crippen LogP contribution in [0.4, 0.5) is 13.2 Å². The lowest BCUT2D eigenvalue weighted by atomic mass is 10.0. The van der Waals surface area contributed by atoms with Crippen LogP contribution in [0.1, 0.15) is 23.7 Å². The number of amides is 2. The average Bonchev–Trinajstić information content (AvgIpc) is 2.84. The maximum Gasteiger partial charge on any atom is 0.406 e. The van der Waals surface area contributed by atoms with Crippen molar-refractivity contribution in [1.82, 2.24) is 10.2 Å². The second-order valence-electron chi connectivity index (χ2n) is 5.91. The first-order valence-corrected chi connectivity index (χ1v) is 7.53. The summed E-state index contributed by atoms with van der Waals surface area (Å²) in [5.41, 5.74) is 1.53. The third kappa shape index (κ3) is 4.70. The van der Waals surface area contributed by atoms with E-state index in [0.717, 1.165) is 5.56 Å². The number of nitrogens with zero attached hydrogens (tertiary/aromatic N) is 1. The van der Waals surface area contributed by atoms with Crippen molar-refractivity contribution < 1.29 is 27.9 Å². The smallest absolute Gasteiger partial charge is 0.387 e. The van der Waals surface area contributed by atoms with Crippen LogP contribution in [0.3, 0.4) is 0 Å². The number of alkyl halides is 3. The first kappa shape index (κ1) is 18.3. The molecule has 8 heteroatoms. The average molecular weight is 344 g/mol. The molecule has 1 fully saturated rings. The summed E-state index contributed by atoms with van der Waals surface area (Å²) in [7, 11) is 0. The van der Waals surface area contributed by atoms with E-state index in [1.165, 1.54) is 0 Å². The molecule has 1 saturated heterocycles. The van der Waals surface area contributed by atoms with Gasteiger partial charge in [0.1, 0.15) is 6.54 Å². The number of nitrogens with one attached hydrogen (secondary N) is 1. The van der Waals surface area contributed by atoms with Gasteiger partial charge in [-0.2, -0.15) is 13.2 Å². The quantitative estimate of drug-likeness (QED) is 0.852. The van der Waals surface area contributed by atoms with Crippen molar-refractivity contribution in [3.8, 4) is 0 Å². The molecule has 1 aromatic carbocycles. The fourth-order valence-electron chi connectivity index (χ4n) is 2.73. The largest absolute Gasteiger partial charge is 0.406 e. The van der Waals surface area contributed by atoms with Gasteiger partial charge in [-0.15, -0.1) is 0 Å². The number of halogens is 3. The number of hydrogen-bond donors (Lipinski definition) is 2. The molecule has 0 radical (unpaired) electrons. The highest BCUT2D eigenvalue weighted by Crippen LogP contribution is 2.24. The molecule has 0 saturated carbocycles. The molecule has 5 nitrogen and oxygen atoms in total. The number of aliphatic hydroxyl groups is 1. The molecular formula is C16H19F3N2O3. The molecule has 1 aliphatic rings. The van der Waals surface area contributed by atoms with E-state index in [4.69, 9.17) is 0 Å². The molecule has 1 aromatic rings. The summed E-state index contributed by atoms with van der Waals surface area (Å²) in [6.07, 6.45) is -5.65. The summed E-state index contributed by atoms with van der Waals surface area (Å²) in [6.45, 7) is 0.157. The first-order chi connectivity index (χ1) is 11.2. The maximum atomic E-state index is 12.4. The molecule has 0 aliphatic carbocycles. The molecule has 0 spiro atoms. The lowest BCUT2D eigenvalue weighted by molar-refractivity contribution is -0.157. The van der Waals surface area contributed by atoms with E-state index in [9.17, 15) is 27.9 Å². The Labute approximate surface area is 137 Å². The second kappa shape index (κ2) is 7.21. The van der Waals surface area contributed by atoms with Crippen LogP contribution in [0.25, 0.3) is 0 Å². The van der Waals surface area contributed by atoms with Crippen molar-refractivity contribution in [2.75, 3.05) is 19.6 Å². The number of carbonyl (C=O) groups is 2. The zero-order valence-electron chi connectivity index (χ0n) is 13.1. The molecule has 0 bridgehead atoms. The Morgan fingerprint density at radius 1 is 1.42 bits per heavy atom. The lowest BCUT2D eigenvalue weighted by Gasteiger charge is -2.19. The van der Waals surface area contributed by atoms with Crippen LogP contribution in [-0.4, -0.2) is 47.6 Å². The minimum atomic E-state index is -4.48. The number of aliphatic hydroxyl groups excluding tert-OH is 1. The Balaban J connectivity index is 1.87. The third-order valence-electron chi connectivity index (χ3n) is 3.97. The molecule has 132 valence electrons. The molecular weight excluding hydrogens is 325 g/mol. The van der Waals surface area contributed by atoms with E-state index in [0.29, 0.717) is 10.5 Å². The number of aryl methyl sites for hydroxylation is 1. The van der Waals surface area contributed by atoms with Gasteiger partial charge >= 0.3 is 6.18 Å². The van der Waals surface area contributed by atoms with Crippen molar-refractivity contribution in [2.45, 2.75) is 25.6 Å². The van der Waals surface area contributed by atoms with Gasteiger partial charge in [-0.1, -0.05) is 24.3 Å². The third-order valence-corrected chi connectivity index (χ3v) is 3.97. The number of hydrogen-bond acceptors (Lipinski definition) is 3. The van der Waals surface area contributed by atoms with Crippen LogP contribution in [0.5, 0.6) is 0 Å². The second-order valence-corrected chi connectivity index (χ2v) is 5.91. The van der Waals surface area contributed by atoms with Crippen LogP contribution < -0.4 is 5.32 Å². The van der Waals surface area contributed by atoms with Gasteiger partial charge in [-0.25, -0.2) is 0 Å². The number of rotatable bonds is 5. The molecule has 2 rings (SSSR count). The monoisotopic (exact) mass is 344 g/mol. The van der Waals surface area contributed by atoms with Gasteiger partial charge in [0.25, 0.3) is 0 Å². The highest BCUT2D eigenvalue weighted by molar-refractivity contribution is 5.89. The summed E-state index contributed by atoms with van der Waals surface area (Å²) in [6, 6.07) is 7.14. The van der Waals surface area contributed by atoms with Gasteiger partial charge in [0.15, 0.2) is 0 Å². The molecule has 2 atom stereocenters. The van der Waals surface area contributed by atoms with Crippen LogP contribution in [-0.2, 0) is 9.59 Å². The standard InChI is InChI=1S/C16H19F3N2O3/c1-10-4-2-3-5-12(10)13(22)7-20-15(24)11-6-14(23)21(8-11)9-16(17,18)19/h2-5,11,13,22H,6-9H2,1H3,(H,20,24). The van der Waals surface area contributed by atoms with Crippen LogP contribution in [0.15, 0.2) is 24.3 Å².